The molecule has 4 nitrogen and oxygen atoms in total. The van der Waals surface area contributed by atoms with Crippen molar-refractivity contribution in [1.82, 2.24) is 0 Å². The Morgan fingerprint density at radius 3 is 1.93 bits per heavy atom. The molecule has 0 fully saturated rings. The molecule has 0 aliphatic carbocycles. The Bertz CT molecular complexity index is 360. The van der Waals surface area contributed by atoms with Gasteiger partial charge in [-0.15, -0.1) is 0 Å². The van der Waals surface area contributed by atoms with Crippen molar-refractivity contribution in [3.63, 3.8) is 0 Å². The van der Waals surface area contributed by atoms with Crippen LogP contribution in [0.15, 0.2) is 0 Å². The van der Waals surface area contributed by atoms with Gasteiger partial charge in [0.2, 0.25) is 0 Å². The van der Waals surface area contributed by atoms with E-state index in [1.54, 1.807) is 20.8 Å². The van der Waals surface area contributed by atoms with Crippen LogP contribution in [0.3, 0.4) is 0 Å². The fourth-order valence-electron chi connectivity index (χ4n) is 1.73. The highest BCUT2D eigenvalue weighted by molar-refractivity contribution is 5.08. The molecule has 0 amide bonds. The summed E-state index contributed by atoms with van der Waals surface area (Å²) >= 11 is 0. The van der Waals surface area contributed by atoms with Gasteiger partial charge in [-0.3, -0.25) is 0 Å². The van der Waals surface area contributed by atoms with Gasteiger partial charge in [0.25, 0.3) is 22.8 Å². The van der Waals surface area contributed by atoms with Gasteiger partial charge in [-0.05, 0) is 6.42 Å². The molecule has 1 rings (SSSR count). The molecule has 1 atom stereocenters. The van der Waals surface area contributed by atoms with Gasteiger partial charge in [-0.25, -0.2) is 0 Å². The van der Waals surface area contributed by atoms with Gasteiger partial charge >= 0.3 is 0 Å². The summed E-state index contributed by atoms with van der Waals surface area (Å²) < 4.78 is 1.75. The summed E-state index contributed by atoms with van der Waals surface area (Å²) in [5, 5.41) is 23.7. The molecule has 0 N–H and O–H groups in total. The number of hydrogen-bond acceptors (Lipinski definition) is 2. The summed E-state index contributed by atoms with van der Waals surface area (Å²) in [7, 11) is 0. The lowest BCUT2D eigenvalue weighted by Crippen LogP contribution is -2.49. The van der Waals surface area contributed by atoms with E-state index < -0.39 is 0 Å². The molecule has 0 aliphatic rings. The van der Waals surface area contributed by atoms with Gasteiger partial charge < -0.3 is 10.4 Å². The summed E-state index contributed by atoms with van der Waals surface area (Å²) in [6.45, 7) is 9.03. The summed E-state index contributed by atoms with van der Waals surface area (Å²) in [5.74, 6) is 0.113. The van der Waals surface area contributed by atoms with E-state index in [1.807, 2.05) is 13.8 Å². The smallest absolute Gasteiger partial charge is 0.264 e. The molecular formula is C11H18N2O2. The Labute approximate surface area is 90.3 Å². The third-order valence-electron chi connectivity index (χ3n) is 3.11. The molecule has 84 valence electrons. The normalized spacial score (nSPS) is 12.9. The zero-order chi connectivity index (χ0) is 11.7. The van der Waals surface area contributed by atoms with Crippen LogP contribution in [0.25, 0.3) is 0 Å². The van der Waals surface area contributed by atoms with Gasteiger partial charge in [-0.1, -0.05) is 13.8 Å². The monoisotopic (exact) mass is 210 g/mol. The van der Waals surface area contributed by atoms with Crippen LogP contribution in [0.4, 0.5) is 0 Å². The standard InChI is InChI=1S/C11H18N2O2/c1-6-7(2)11-10(5)12(14)8(3)9(4)13(11)15/h7H,6H2,1-5H3. The van der Waals surface area contributed by atoms with Gasteiger partial charge in [0.15, 0.2) is 0 Å². The number of aromatic nitrogens is 2. The van der Waals surface area contributed by atoms with Crippen LogP contribution in [-0.4, -0.2) is 0 Å². The lowest BCUT2D eigenvalue weighted by Gasteiger charge is -2.15. The molecule has 1 aromatic rings. The second-order valence-corrected chi connectivity index (χ2v) is 4.04. The maximum atomic E-state index is 11.9. The maximum Gasteiger partial charge on any atom is 0.264 e. The fraction of sp³-hybridized carbons (Fsp3) is 0.636. The Morgan fingerprint density at radius 1 is 1.00 bits per heavy atom. The van der Waals surface area contributed by atoms with Crippen molar-refractivity contribution < 1.29 is 9.46 Å². The van der Waals surface area contributed by atoms with E-state index in [9.17, 15) is 10.4 Å². The van der Waals surface area contributed by atoms with Crippen LogP contribution < -0.4 is 9.46 Å². The topological polar surface area (TPSA) is 53.9 Å². The quantitative estimate of drug-likeness (QED) is 0.547. The molecule has 0 bridgehead atoms. The highest BCUT2D eigenvalue weighted by Crippen LogP contribution is 2.17. The van der Waals surface area contributed by atoms with Crippen LogP contribution >= 0.6 is 0 Å². The highest BCUT2D eigenvalue weighted by atomic mass is 16.5. The SMILES string of the molecule is CCC(C)c1c(C)[n+]([O-])c(C)c(C)[n+]1[O-]. The molecule has 0 aromatic carbocycles. The third kappa shape index (κ3) is 1.76. The molecule has 1 unspecified atom stereocenters. The molecule has 0 aliphatic heterocycles. The van der Waals surface area contributed by atoms with E-state index in [-0.39, 0.29) is 5.92 Å². The lowest BCUT2D eigenvalue weighted by atomic mass is 10.0. The molecule has 0 saturated heterocycles. The van der Waals surface area contributed by atoms with E-state index >= 15 is 0 Å². The Morgan fingerprint density at radius 2 is 1.47 bits per heavy atom. The molecule has 1 heterocycles. The van der Waals surface area contributed by atoms with Crippen LogP contribution in [-0.2, 0) is 0 Å². The fourth-order valence-corrected chi connectivity index (χ4v) is 1.73. The molecule has 0 saturated carbocycles. The summed E-state index contributed by atoms with van der Waals surface area (Å²) in [5.41, 5.74) is 2.08. The van der Waals surface area contributed by atoms with Crippen LogP contribution in [0.1, 0.15) is 49.0 Å². The minimum Gasteiger partial charge on any atom is -0.618 e. The third-order valence-corrected chi connectivity index (χ3v) is 3.11. The number of hydrogen-bond donors (Lipinski definition) is 0. The molecule has 0 spiro atoms. The Kier molecular flexibility index (Phi) is 3.17. The average molecular weight is 210 g/mol. The minimum atomic E-state index is 0.113. The average Bonchev–Trinajstić information content (AvgIpc) is 2.23. The number of nitrogens with zero attached hydrogens (tertiary/aromatic N) is 2. The van der Waals surface area contributed by atoms with E-state index in [4.69, 9.17) is 0 Å². The second kappa shape index (κ2) is 4.04. The first kappa shape index (κ1) is 11.8. The summed E-state index contributed by atoms with van der Waals surface area (Å²) in [6.07, 6.45) is 0.853. The molecule has 4 heteroatoms. The molecule has 1 aromatic heterocycles. The Hall–Kier alpha value is -1.32. The zero-order valence-electron chi connectivity index (χ0n) is 10.00. The van der Waals surface area contributed by atoms with Crippen molar-refractivity contribution in [3.05, 3.63) is 33.2 Å². The predicted molar refractivity (Wildman–Crippen MR) is 57.3 cm³/mol. The maximum absolute atomic E-state index is 11.9. The highest BCUT2D eigenvalue weighted by Gasteiger charge is 2.28. The van der Waals surface area contributed by atoms with Crippen LogP contribution in [0.5, 0.6) is 0 Å². The summed E-state index contributed by atoms with van der Waals surface area (Å²) in [6, 6.07) is 0. The van der Waals surface area contributed by atoms with Crippen LogP contribution in [0.2, 0.25) is 0 Å². The van der Waals surface area contributed by atoms with Gasteiger partial charge in [-0.2, -0.15) is 9.46 Å². The van der Waals surface area contributed by atoms with Crippen molar-refractivity contribution in [2.24, 2.45) is 0 Å². The predicted octanol–water partition coefficient (Wildman–Crippen LogP) is 1.39. The largest absolute Gasteiger partial charge is 0.618 e. The number of rotatable bonds is 2. The summed E-state index contributed by atoms with van der Waals surface area (Å²) in [4.78, 5) is 0. The molecule has 15 heavy (non-hydrogen) atoms. The van der Waals surface area contributed by atoms with E-state index in [0.717, 1.165) is 15.9 Å². The van der Waals surface area contributed by atoms with Crippen molar-refractivity contribution in [2.75, 3.05) is 0 Å². The second-order valence-electron chi connectivity index (χ2n) is 4.04. The minimum absolute atomic E-state index is 0.113. The first-order chi connectivity index (χ1) is 6.91. The van der Waals surface area contributed by atoms with Crippen molar-refractivity contribution in [2.45, 2.75) is 47.0 Å². The van der Waals surface area contributed by atoms with E-state index in [1.165, 1.54) is 0 Å². The van der Waals surface area contributed by atoms with Crippen molar-refractivity contribution in [3.8, 4) is 0 Å². The first-order valence-electron chi connectivity index (χ1n) is 5.24. The first-order valence-corrected chi connectivity index (χ1v) is 5.24. The van der Waals surface area contributed by atoms with E-state index in [0.29, 0.717) is 22.8 Å². The van der Waals surface area contributed by atoms with Gasteiger partial charge in [0, 0.05) is 26.7 Å². The lowest BCUT2D eigenvalue weighted by molar-refractivity contribution is -0.684. The van der Waals surface area contributed by atoms with Crippen molar-refractivity contribution >= 4 is 0 Å². The van der Waals surface area contributed by atoms with Gasteiger partial charge in [0.05, 0.1) is 0 Å². The zero-order valence-corrected chi connectivity index (χ0v) is 10.00. The molecule has 0 radical (unpaired) electrons. The van der Waals surface area contributed by atoms with E-state index in [2.05, 4.69) is 0 Å². The van der Waals surface area contributed by atoms with Crippen molar-refractivity contribution in [1.29, 1.82) is 0 Å². The molecular weight excluding hydrogens is 192 g/mol. The van der Waals surface area contributed by atoms with Crippen LogP contribution in [0, 0.1) is 31.2 Å². The van der Waals surface area contributed by atoms with Gasteiger partial charge in [0.1, 0.15) is 0 Å². The Balaban J connectivity index is 3.52.